The second-order valence-corrected chi connectivity index (χ2v) is 4.49. The molecule has 0 aliphatic carbocycles. The molecule has 2 aromatic carbocycles. The van der Waals surface area contributed by atoms with E-state index in [1.165, 1.54) is 30.3 Å². The van der Waals surface area contributed by atoms with Crippen LogP contribution in [0, 0.1) is 0 Å². The highest BCUT2D eigenvalue weighted by molar-refractivity contribution is 6.31. The van der Waals surface area contributed by atoms with E-state index in [0.717, 1.165) is 12.1 Å². The zero-order chi connectivity index (χ0) is 14.9. The minimum atomic E-state index is -4.55. The first-order chi connectivity index (χ1) is 9.30. The van der Waals surface area contributed by atoms with Crippen molar-refractivity contribution in [2.75, 3.05) is 0 Å². The number of hydrogen-bond acceptors (Lipinski definition) is 0. The molecule has 0 heterocycles. The molecular weight excluding hydrogens is 299 g/mol. The summed E-state index contributed by atoms with van der Waals surface area (Å²) in [6, 6.07) is 8.26. The molecule has 0 saturated carbocycles. The van der Waals surface area contributed by atoms with Gasteiger partial charge in [-0.3, -0.25) is 0 Å². The van der Waals surface area contributed by atoms with Gasteiger partial charge in [0.15, 0.2) is 0 Å². The Labute approximate surface area is 116 Å². The summed E-state index contributed by atoms with van der Waals surface area (Å²) in [7, 11) is 0. The summed E-state index contributed by atoms with van der Waals surface area (Å²) in [5.41, 5.74) is -1.46. The van der Waals surface area contributed by atoms with Crippen LogP contribution < -0.4 is 0 Å². The van der Waals surface area contributed by atoms with Crippen LogP contribution in [0.15, 0.2) is 42.5 Å². The third-order valence-electron chi connectivity index (χ3n) is 2.77. The molecule has 0 fully saturated rings. The fraction of sp³-hybridized carbons (Fsp3) is 0.143. The molecule has 2 aromatic rings. The minimum absolute atomic E-state index is 0.0534. The van der Waals surface area contributed by atoms with Crippen LogP contribution in [0.3, 0.4) is 0 Å². The van der Waals surface area contributed by atoms with Gasteiger partial charge in [0.05, 0.1) is 5.56 Å². The highest BCUT2D eigenvalue weighted by Crippen LogP contribution is 2.38. The van der Waals surface area contributed by atoms with Crippen LogP contribution in [0.5, 0.6) is 0 Å². The van der Waals surface area contributed by atoms with Gasteiger partial charge in [0.25, 0.3) is 6.43 Å². The van der Waals surface area contributed by atoms with E-state index in [1.54, 1.807) is 0 Å². The lowest BCUT2D eigenvalue weighted by Gasteiger charge is -2.14. The van der Waals surface area contributed by atoms with Crippen molar-refractivity contribution in [2.24, 2.45) is 0 Å². The molecule has 0 aliphatic rings. The summed E-state index contributed by atoms with van der Waals surface area (Å²) in [4.78, 5) is 0. The van der Waals surface area contributed by atoms with Crippen molar-refractivity contribution in [1.82, 2.24) is 0 Å². The summed E-state index contributed by atoms with van der Waals surface area (Å²) in [5.74, 6) is 0. The van der Waals surface area contributed by atoms with Gasteiger partial charge in [0, 0.05) is 10.6 Å². The maximum atomic E-state index is 12.9. The smallest absolute Gasteiger partial charge is 0.205 e. The van der Waals surface area contributed by atoms with E-state index in [1.807, 2.05) is 0 Å². The quantitative estimate of drug-likeness (QED) is 0.600. The van der Waals surface area contributed by atoms with Gasteiger partial charge < -0.3 is 0 Å². The second-order valence-electron chi connectivity index (χ2n) is 4.08. The number of alkyl halides is 5. The van der Waals surface area contributed by atoms with Gasteiger partial charge >= 0.3 is 6.18 Å². The Bertz CT molecular complexity index is 619. The van der Waals surface area contributed by atoms with Crippen LogP contribution in [0.2, 0.25) is 5.02 Å². The normalized spacial score (nSPS) is 11.9. The van der Waals surface area contributed by atoms with E-state index < -0.39 is 23.7 Å². The van der Waals surface area contributed by atoms with Crippen LogP contribution >= 0.6 is 11.6 Å². The van der Waals surface area contributed by atoms with E-state index in [0.29, 0.717) is 0 Å². The molecule has 0 atom stereocenters. The van der Waals surface area contributed by atoms with Crippen molar-refractivity contribution in [3.63, 3.8) is 0 Å². The van der Waals surface area contributed by atoms with Crippen molar-refractivity contribution in [3.05, 3.63) is 58.6 Å². The predicted octanol–water partition coefficient (Wildman–Crippen LogP) is 5.96. The molecule has 0 spiro atoms. The standard InChI is InChI=1S/C14H8ClF5/c15-12-6-5-8(7-10(12)13(16)17)9-3-1-2-4-11(9)14(18,19)20/h1-7,13H. The Morgan fingerprint density at radius 3 is 2.20 bits per heavy atom. The lowest BCUT2D eigenvalue weighted by atomic mass is 9.98. The van der Waals surface area contributed by atoms with Crippen molar-refractivity contribution in [2.45, 2.75) is 12.6 Å². The summed E-state index contributed by atoms with van der Waals surface area (Å²) < 4.78 is 64.2. The highest BCUT2D eigenvalue weighted by Gasteiger charge is 2.33. The van der Waals surface area contributed by atoms with Crippen molar-refractivity contribution in [3.8, 4) is 11.1 Å². The zero-order valence-electron chi connectivity index (χ0n) is 9.89. The number of rotatable bonds is 2. The van der Waals surface area contributed by atoms with Crippen molar-refractivity contribution in [1.29, 1.82) is 0 Å². The highest BCUT2D eigenvalue weighted by atomic mass is 35.5. The summed E-state index contributed by atoms with van der Waals surface area (Å²) in [6.45, 7) is 0. The first kappa shape index (κ1) is 14.8. The average molecular weight is 307 g/mol. The van der Waals surface area contributed by atoms with Gasteiger partial charge in [-0.25, -0.2) is 8.78 Å². The molecule has 0 bridgehead atoms. The van der Waals surface area contributed by atoms with Gasteiger partial charge in [-0.1, -0.05) is 35.9 Å². The van der Waals surface area contributed by atoms with E-state index in [9.17, 15) is 22.0 Å². The van der Waals surface area contributed by atoms with E-state index in [4.69, 9.17) is 11.6 Å². The van der Waals surface area contributed by atoms with Crippen LogP contribution in [-0.2, 0) is 6.18 Å². The largest absolute Gasteiger partial charge is 0.417 e. The first-order valence-electron chi connectivity index (χ1n) is 5.55. The Kier molecular flexibility index (Phi) is 3.99. The van der Waals surface area contributed by atoms with Crippen LogP contribution in [0.25, 0.3) is 11.1 Å². The van der Waals surface area contributed by atoms with Gasteiger partial charge in [-0.15, -0.1) is 0 Å². The Morgan fingerprint density at radius 2 is 1.60 bits per heavy atom. The Balaban J connectivity index is 2.61. The topological polar surface area (TPSA) is 0 Å². The zero-order valence-corrected chi connectivity index (χ0v) is 10.6. The molecule has 0 nitrogen and oxygen atoms in total. The fourth-order valence-corrected chi connectivity index (χ4v) is 2.06. The SMILES string of the molecule is FC(F)c1cc(-c2ccccc2C(F)(F)F)ccc1Cl. The third kappa shape index (κ3) is 2.93. The molecule has 106 valence electrons. The van der Waals surface area contributed by atoms with E-state index in [-0.39, 0.29) is 16.1 Å². The molecular formula is C14H8ClF5. The average Bonchev–Trinajstić information content (AvgIpc) is 2.38. The van der Waals surface area contributed by atoms with Crippen LogP contribution in [-0.4, -0.2) is 0 Å². The van der Waals surface area contributed by atoms with Crippen molar-refractivity contribution < 1.29 is 22.0 Å². The molecule has 20 heavy (non-hydrogen) atoms. The molecule has 0 aliphatic heterocycles. The molecule has 0 radical (unpaired) electrons. The monoisotopic (exact) mass is 306 g/mol. The van der Waals surface area contributed by atoms with E-state index in [2.05, 4.69) is 0 Å². The van der Waals surface area contributed by atoms with Gasteiger partial charge in [-0.05, 0) is 29.3 Å². The molecule has 0 aromatic heterocycles. The fourth-order valence-electron chi connectivity index (χ4n) is 1.86. The third-order valence-corrected chi connectivity index (χ3v) is 3.12. The minimum Gasteiger partial charge on any atom is -0.205 e. The summed E-state index contributed by atoms with van der Waals surface area (Å²) >= 11 is 5.61. The molecule has 2 rings (SSSR count). The Hall–Kier alpha value is -1.62. The molecule has 6 heteroatoms. The maximum Gasteiger partial charge on any atom is 0.417 e. The maximum absolute atomic E-state index is 12.9. The lowest BCUT2D eigenvalue weighted by Crippen LogP contribution is -2.07. The van der Waals surface area contributed by atoms with E-state index >= 15 is 0 Å². The van der Waals surface area contributed by atoms with Gasteiger partial charge in [-0.2, -0.15) is 13.2 Å². The van der Waals surface area contributed by atoms with Gasteiger partial charge in [0.1, 0.15) is 0 Å². The predicted molar refractivity (Wildman–Crippen MR) is 66.8 cm³/mol. The van der Waals surface area contributed by atoms with Gasteiger partial charge in [0.2, 0.25) is 0 Å². The molecule has 0 N–H and O–H groups in total. The number of hydrogen-bond donors (Lipinski definition) is 0. The molecule has 0 saturated heterocycles. The molecule has 0 unspecified atom stereocenters. The van der Waals surface area contributed by atoms with Crippen molar-refractivity contribution >= 4 is 11.6 Å². The number of benzene rings is 2. The Morgan fingerprint density at radius 1 is 0.950 bits per heavy atom. The number of halogens is 6. The van der Waals surface area contributed by atoms with Crippen LogP contribution in [0.1, 0.15) is 17.6 Å². The summed E-state index contributed by atoms with van der Waals surface area (Å²) in [5, 5.41) is -0.173. The summed E-state index contributed by atoms with van der Waals surface area (Å²) in [6.07, 6.45) is -7.40. The first-order valence-corrected chi connectivity index (χ1v) is 5.92. The second kappa shape index (κ2) is 5.40. The molecule has 0 amide bonds. The van der Waals surface area contributed by atoms with Crippen LogP contribution in [0.4, 0.5) is 22.0 Å². The lowest BCUT2D eigenvalue weighted by molar-refractivity contribution is -0.137.